The van der Waals surface area contributed by atoms with Crippen molar-refractivity contribution in [1.29, 1.82) is 0 Å². The minimum Gasteiger partial charge on any atom is -0.396 e. The Kier molecular flexibility index (Phi) is 3.87. The molecule has 0 unspecified atom stereocenters. The van der Waals surface area contributed by atoms with Crippen LogP contribution in [0.25, 0.3) is 0 Å². The fourth-order valence-electron chi connectivity index (χ4n) is 0.986. The van der Waals surface area contributed by atoms with Crippen molar-refractivity contribution >= 4 is 12.2 Å². The molecule has 0 saturated heterocycles. The average molecular weight is 196 g/mol. The quantitative estimate of drug-likeness (QED) is 0.455. The number of aliphatic hydroxyl groups excluding tert-OH is 1. The summed E-state index contributed by atoms with van der Waals surface area (Å²) in [5.41, 5.74) is 0.794. The van der Waals surface area contributed by atoms with Crippen LogP contribution >= 0.6 is 0 Å². The Morgan fingerprint density at radius 3 is 3.00 bits per heavy atom. The minimum atomic E-state index is -0.272. The number of carbonyl (C=O) groups is 2. The summed E-state index contributed by atoms with van der Waals surface area (Å²) in [5, 5.41) is 11.1. The number of hydrogen-bond acceptors (Lipinski definition) is 3. The van der Waals surface area contributed by atoms with E-state index in [-0.39, 0.29) is 12.5 Å². The molecule has 0 fully saturated rings. The molecule has 0 aliphatic rings. The highest BCUT2D eigenvalue weighted by Crippen LogP contribution is 2.00. The smallest absolute Gasteiger partial charge is 0.267 e. The lowest BCUT2D eigenvalue weighted by molar-refractivity contribution is 0.0946. The summed E-state index contributed by atoms with van der Waals surface area (Å²) in [6.07, 6.45) is 2.65. The lowest BCUT2D eigenvalue weighted by atomic mass is 10.3. The topological polar surface area (TPSA) is 82.2 Å². The molecule has 1 aromatic rings. The van der Waals surface area contributed by atoms with Gasteiger partial charge in [0, 0.05) is 24.9 Å². The second kappa shape index (κ2) is 5.18. The maximum absolute atomic E-state index is 11.3. The van der Waals surface area contributed by atoms with Gasteiger partial charge in [-0.2, -0.15) is 0 Å². The largest absolute Gasteiger partial charge is 0.396 e. The second-order valence-electron chi connectivity index (χ2n) is 2.80. The van der Waals surface area contributed by atoms with Gasteiger partial charge in [0.2, 0.25) is 0 Å². The molecule has 0 aliphatic carbocycles. The molecule has 5 nitrogen and oxygen atoms in total. The average Bonchev–Trinajstić information content (AvgIpc) is 2.66. The molecule has 5 heteroatoms. The van der Waals surface area contributed by atoms with Crippen LogP contribution in [0.1, 0.15) is 27.3 Å². The highest BCUT2D eigenvalue weighted by molar-refractivity contribution is 5.94. The molecule has 14 heavy (non-hydrogen) atoms. The van der Waals surface area contributed by atoms with Gasteiger partial charge in [-0.15, -0.1) is 0 Å². The number of rotatable bonds is 5. The van der Waals surface area contributed by atoms with Crippen LogP contribution in [0.2, 0.25) is 0 Å². The number of carbonyl (C=O) groups excluding carboxylic acids is 2. The van der Waals surface area contributed by atoms with Gasteiger partial charge < -0.3 is 15.4 Å². The maximum Gasteiger partial charge on any atom is 0.267 e. The van der Waals surface area contributed by atoms with E-state index in [9.17, 15) is 9.59 Å². The van der Waals surface area contributed by atoms with Gasteiger partial charge in [-0.3, -0.25) is 9.59 Å². The van der Waals surface area contributed by atoms with E-state index in [1.807, 2.05) is 0 Å². The third-order valence-electron chi connectivity index (χ3n) is 1.71. The molecular weight excluding hydrogens is 184 g/mol. The predicted octanol–water partition coefficient (Wildman–Crippen LogP) is -0.0606. The summed E-state index contributed by atoms with van der Waals surface area (Å²) in [6, 6.07) is 1.47. The summed E-state index contributed by atoms with van der Waals surface area (Å²) in [5.74, 6) is -0.272. The lowest BCUT2D eigenvalue weighted by Crippen LogP contribution is -2.25. The van der Waals surface area contributed by atoms with E-state index in [0.717, 1.165) is 0 Å². The van der Waals surface area contributed by atoms with Gasteiger partial charge in [0.25, 0.3) is 5.91 Å². The molecule has 0 atom stereocenters. The van der Waals surface area contributed by atoms with Gasteiger partial charge in [-0.05, 0) is 12.5 Å². The molecule has 76 valence electrons. The van der Waals surface area contributed by atoms with Gasteiger partial charge in [0.1, 0.15) is 5.69 Å². The molecule has 0 aromatic carbocycles. The van der Waals surface area contributed by atoms with Gasteiger partial charge >= 0.3 is 0 Å². The van der Waals surface area contributed by atoms with Crippen molar-refractivity contribution in [3.8, 4) is 0 Å². The van der Waals surface area contributed by atoms with E-state index >= 15 is 0 Å². The maximum atomic E-state index is 11.3. The standard InChI is InChI=1S/C9H12N2O3/c12-3-1-2-10-9(14)8-4-7(6-13)5-11-8/h4-6,11-12H,1-3H2,(H,10,14). The van der Waals surface area contributed by atoms with Gasteiger partial charge in [-0.1, -0.05) is 0 Å². The van der Waals surface area contributed by atoms with E-state index in [4.69, 9.17) is 5.11 Å². The van der Waals surface area contributed by atoms with Gasteiger partial charge in [-0.25, -0.2) is 0 Å². The molecule has 0 spiro atoms. The van der Waals surface area contributed by atoms with Crippen LogP contribution in [-0.4, -0.2) is 35.4 Å². The Bertz CT molecular complexity index is 320. The van der Waals surface area contributed by atoms with Crippen molar-refractivity contribution in [3.05, 3.63) is 23.5 Å². The first-order valence-corrected chi connectivity index (χ1v) is 4.30. The fourth-order valence-corrected chi connectivity index (χ4v) is 0.986. The van der Waals surface area contributed by atoms with E-state index in [1.54, 1.807) is 0 Å². The zero-order chi connectivity index (χ0) is 10.4. The zero-order valence-electron chi connectivity index (χ0n) is 7.62. The molecular formula is C9H12N2O3. The first-order chi connectivity index (χ1) is 6.77. The molecule has 0 radical (unpaired) electrons. The van der Waals surface area contributed by atoms with Crippen LogP contribution in [-0.2, 0) is 0 Å². The normalized spacial score (nSPS) is 9.79. The summed E-state index contributed by atoms with van der Waals surface area (Å²) >= 11 is 0. The van der Waals surface area contributed by atoms with Crippen molar-refractivity contribution in [2.24, 2.45) is 0 Å². The summed E-state index contributed by atoms with van der Waals surface area (Å²) in [4.78, 5) is 24.3. The third-order valence-corrected chi connectivity index (χ3v) is 1.71. The molecule has 1 aromatic heterocycles. The Labute approximate surface area is 81.1 Å². The van der Waals surface area contributed by atoms with E-state index in [0.29, 0.717) is 30.5 Å². The number of nitrogens with one attached hydrogen (secondary N) is 2. The first-order valence-electron chi connectivity index (χ1n) is 4.30. The third kappa shape index (κ3) is 2.70. The van der Waals surface area contributed by atoms with Crippen molar-refractivity contribution in [2.75, 3.05) is 13.2 Å². The Balaban J connectivity index is 2.47. The van der Waals surface area contributed by atoms with Crippen LogP contribution in [0.15, 0.2) is 12.3 Å². The molecule has 0 aliphatic heterocycles. The monoisotopic (exact) mass is 196 g/mol. The number of aldehydes is 1. The number of aliphatic hydroxyl groups is 1. The van der Waals surface area contributed by atoms with Crippen molar-refractivity contribution in [2.45, 2.75) is 6.42 Å². The van der Waals surface area contributed by atoms with E-state index in [2.05, 4.69) is 10.3 Å². The molecule has 1 amide bonds. The predicted molar refractivity (Wildman–Crippen MR) is 50.2 cm³/mol. The lowest BCUT2D eigenvalue weighted by Gasteiger charge is -2.00. The Morgan fingerprint density at radius 1 is 1.64 bits per heavy atom. The number of aromatic amines is 1. The van der Waals surface area contributed by atoms with E-state index < -0.39 is 0 Å². The van der Waals surface area contributed by atoms with Crippen LogP contribution < -0.4 is 5.32 Å². The number of H-pyrrole nitrogens is 1. The summed E-state index contributed by atoms with van der Waals surface area (Å²) in [7, 11) is 0. The molecule has 1 heterocycles. The molecule has 0 bridgehead atoms. The Morgan fingerprint density at radius 2 is 2.43 bits per heavy atom. The number of amides is 1. The summed E-state index contributed by atoms with van der Waals surface area (Å²) < 4.78 is 0. The molecule has 3 N–H and O–H groups in total. The van der Waals surface area contributed by atoms with Crippen LogP contribution in [0.4, 0.5) is 0 Å². The van der Waals surface area contributed by atoms with Crippen molar-refractivity contribution in [3.63, 3.8) is 0 Å². The van der Waals surface area contributed by atoms with Crippen LogP contribution in [0.3, 0.4) is 0 Å². The van der Waals surface area contributed by atoms with E-state index in [1.165, 1.54) is 12.3 Å². The minimum absolute atomic E-state index is 0.0462. The SMILES string of the molecule is O=Cc1c[nH]c(C(=O)NCCCO)c1. The molecule has 0 saturated carbocycles. The second-order valence-corrected chi connectivity index (χ2v) is 2.80. The Hall–Kier alpha value is -1.62. The fraction of sp³-hybridized carbons (Fsp3) is 0.333. The highest BCUT2D eigenvalue weighted by atomic mass is 16.3. The van der Waals surface area contributed by atoms with Crippen molar-refractivity contribution < 1.29 is 14.7 Å². The van der Waals surface area contributed by atoms with Crippen LogP contribution in [0, 0.1) is 0 Å². The summed E-state index contributed by atoms with van der Waals surface area (Å²) in [6.45, 7) is 0.468. The van der Waals surface area contributed by atoms with Crippen molar-refractivity contribution in [1.82, 2.24) is 10.3 Å². The number of hydrogen-bond donors (Lipinski definition) is 3. The zero-order valence-corrected chi connectivity index (χ0v) is 7.62. The van der Waals surface area contributed by atoms with Gasteiger partial charge in [0.05, 0.1) is 0 Å². The van der Waals surface area contributed by atoms with Crippen LogP contribution in [0.5, 0.6) is 0 Å². The first kappa shape index (κ1) is 10.5. The number of aromatic nitrogens is 1. The highest BCUT2D eigenvalue weighted by Gasteiger charge is 2.06. The van der Waals surface area contributed by atoms with Gasteiger partial charge in [0.15, 0.2) is 6.29 Å². The molecule has 1 rings (SSSR count).